The summed E-state index contributed by atoms with van der Waals surface area (Å²) in [7, 11) is -7.73. The van der Waals surface area contributed by atoms with E-state index in [0.717, 1.165) is 11.1 Å². The van der Waals surface area contributed by atoms with Crippen molar-refractivity contribution in [1.29, 1.82) is 5.16 Å². The third-order valence-electron chi connectivity index (χ3n) is 6.14. The second-order valence-electron chi connectivity index (χ2n) is 9.42. The number of amides is 2. The van der Waals surface area contributed by atoms with Crippen molar-refractivity contribution in [1.82, 2.24) is 18.5 Å². The third kappa shape index (κ3) is 13.9. The highest BCUT2D eigenvalue weighted by atomic mass is 32.2. The van der Waals surface area contributed by atoms with E-state index in [4.69, 9.17) is 24.1 Å². The Labute approximate surface area is 295 Å². The predicted octanol–water partition coefficient (Wildman–Crippen LogP) is 4.01. The zero-order chi connectivity index (χ0) is 36.6. The van der Waals surface area contributed by atoms with Crippen LogP contribution >= 0.6 is 34.1 Å². The summed E-state index contributed by atoms with van der Waals surface area (Å²) in [4.78, 5) is 48.0. The van der Waals surface area contributed by atoms with Crippen molar-refractivity contribution >= 4 is 78.1 Å². The van der Waals surface area contributed by atoms with Gasteiger partial charge in [0.15, 0.2) is 0 Å². The molecule has 268 valence electrons. The van der Waals surface area contributed by atoms with Crippen molar-refractivity contribution in [2.45, 2.75) is 12.5 Å². The van der Waals surface area contributed by atoms with Crippen molar-refractivity contribution in [2.24, 2.45) is 4.52 Å². The minimum absolute atomic E-state index is 0.0212. The quantitative estimate of drug-likeness (QED) is 0.0766. The van der Waals surface area contributed by atoms with E-state index in [9.17, 15) is 36.0 Å². The van der Waals surface area contributed by atoms with Crippen LogP contribution in [-0.2, 0) is 45.8 Å². The zero-order valence-corrected chi connectivity index (χ0v) is 31.3. The van der Waals surface area contributed by atoms with Gasteiger partial charge in [-0.3, -0.25) is 5.16 Å². The minimum Gasteiger partial charge on any atom is -0.461 e. The van der Waals surface area contributed by atoms with Crippen molar-refractivity contribution in [2.75, 3.05) is 39.5 Å². The Bertz CT molecular complexity index is 1890. The van der Waals surface area contributed by atoms with Crippen LogP contribution in [0.2, 0.25) is 0 Å². The number of carbonyl (C=O) groups is 4. The number of nitrogens with zero attached hydrogens (tertiary/aromatic N) is 2. The van der Waals surface area contributed by atoms with Gasteiger partial charge in [0.05, 0.1) is 8.27 Å². The van der Waals surface area contributed by atoms with Gasteiger partial charge in [-0.25, -0.2) is 33.1 Å². The van der Waals surface area contributed by atoms with Crippen LogP contribution in [0.15, 0.2) is 53.0 Å². The molecular weight excluding hydrogens is 776 g/mol. The van der Waals surface area contributed by atoms with E-state index >= 15 is 0 Å². The Morgan fingerprint density at radius 1 is 0.920 bits per heavy atom. The Morgan fingerprint density at radius 2 is 1.58 bits per heavy atom. The molecular formula is C26H30N6O12P4S2. The molecule has 24 heteroatoms. The highest BCUT2D eigenvalue weighted by Crippen LogP contribution is 2.29. The van der Waals surface area contributed by atoms with E-state index in [-0.39, 0.29) is 22.9 Å². The summed E-state index contributed by atoms with van der Waals surface area (Å²) < 4.78 is 80.0. The maximum atomic E-state index is 12.8. The van der Waals surface area contributed by atoms with Gasteiger partial charge in [0.1, 0.15) is 34.3 Å². The van der Waals surface area contributed by atoms with E-state index in [1.54, 1.807) is 39.8 Å². The van der Waals surface area contributed by atoms with Crippen LogP contribution < -0.4 is 14.2 Å². The average molecular weight is 807 g/mol. The summed E-state index contributed by atoms with van der Waals surface area (Å²) in [6.45, 7) is -3.01. The molecule has 0 aliphatic heterocycles. The van der Waals surface area contributed by atoms with E-state index in [0.29, 0.717) is 15.4 Å². The standard InChI is InChI=1S/C26H30N6O12P4S2/c27-48-47-26(36)43-16-13-32(12-15-42-25(35)46-31-45)50(39,40)30-23(33)41-14-11-28-49(37,38)29-24(34)44-22-17-20-7-2-1-5-18(20)9-10-19-6-3-4-8-21(19)22/h1-8,22,27-28,47H,11-17,45H2,(H,29,34)(H,30,33). The Hall–Kier alpha value is -3.64. The average Bonchev–Trinajstić information content (AvgIpc) is 3.04. The molecule has 3 rings (SSSR count). The first-order chi connectivity index (χ1) is 23.8. The minimum atomic E-state index is -4.64. The number of nitrogens with one attached hydrogen (secondary N) is 4. The number of fused-ring (bicyclic) bond motifs is 2. The normalized spacial score (nSPS) is 14.1. The molecule has 0 radical (unpaired) electrons. The molecule has 1 aliphatic carbocycles. The second kappa shape index (κ2) is 20.3. The van der Waals surface area contributed by atoms with E-state index in [1.165, 1.54) is 0 Å². The molecule has 18 nitrogen and oxygen atoms in total. The van der Waals surface area contributed by atoms with Crippen molar-refractivity contribution < 1.29 is 55.0 Å². The van der Waals surface area contributed by atoms with Gasteiger partial charge in [0.2, 0.25) is 0 Å². The fraction of sp³-hybridized carbons (Fsp3) is 0.308. The molecule has 0 saturated carbocycles. The summed E-state index contributed by atoms with van der Waals surface area (Å²) in [5.74, 6) is 6.14. The summed E-state index contributed by atoms with van der Waals surface area (Å²) in [6.07, 6.45) is -3.43. The van der Waals surface area contributed by atoms with Crippen LogP contribution in [0, 0.1) is 17.0 Å². The molecule has 0 aromatic heterocycles. The lowest BCUT2D eigenvalue weighted by Gasteiger charge is -2.22. The Morgan fingerprint density at radius 3 is 2.30 bits per heavy atom. The molecule has 2 aromatic rings. The Kier molecular flexibility index (Phi) is 16.5. The zero-order valence-electron chi connectivity index (χ0n) is 25.7. The molecule has 0 bridgehead atoms. The van der Waals surface area contributed by atoms with Gasteiger partial charge in [-0.1, -0.05) is 48.2 Å². The SMILES string of the molecule is N=PPC(=O)OCCN(CCOC(=O)P=NP)S(=O)(=O)NC(=O)OCCNS(=O)(=O)NC(=O)OC1Cc2ccccc2C#Cc2ccccc21. The van der Waals surface area contributed by atoms with Crippen molar-refractivity contribution in [3.63, 3.8) is 0 Å². The smallest absolute Gasteiger partial charge is 0.422 e. The van der Waals surface area contributed by atoms with Crippen LogP contribution in [0.25, 0.3) is 0 Å². The topological polar surface area (TPSA) is 249 Å². The first-order valence-corrected chi connectivity index (χ1v) is 21.0. The Balaban J connectivity index is 1.51. The lowest BCUT2D eigenvalue weighted by Crippen LogP contribution is -2.47. The van der Waals surface area contributed by atoms with Gasteiger partial charge in [-0.2, -0.15) is 25.9 Å². The number of hydrogen-bond acceptors (Lipinski definition) is 14. The molecule has 0 spiro atoms. The number of hydrogen-bond donors (Lipinski definition) is 4. The number of rotatable bonds is 17. The lowest BCUT2D eigenvalue weighted by molar-refractivity contribution is 0.102. The fourth-order valence-electron chi connectivity index (χ4n) is 4.06. The maximum Gasteiger partial charge on any atom is 0.422 e. The summed E-state index contributed by atoms with van der Waals surface area (Å²) in [5, 5.41) is 7.02. The molecule has 4 N–H and O–H groups in total. The van der Waals surface area contributed by atoms with Crippen LogP contribution in [0.1, 0.15) is 28.4 Å². The summed E-state index contributed by atoms with van der Waals surface area (Å²) in [6, 6.07) is 14.3. The molecule has 2 amide bonds. The van der Waals surface area contributed by atoms with Crippen LogP contribution in [-0.4, -0.2) is 84.2 Å². The van der Waals surface area contributed by atoms with Gasteiger partial charge in [-0.15, -0.1) is 0 Å². The predicted molar refractivity (Wildman–Crippen MR) is 187 cm³/mol. The number of benzene rings is 2. The van der Waals surface area contributed by atoms with Crippen molar-refractivity contribution in [3.05, 3.63) is 70.8 Å². The molecule has 3 atom stereocenters. The number of ether oxygens (including phenoxy) is 4. The summed E-state index contributed by atoms with van der Waals surface area (Å²) >= 11 is 0. The molecule has 0 saturated heterocycles. The van der Waals surface area contributed by atoms with Gasteiger partial charge >= 0.3 is 44.0 Å². The van der Waals surface area contributed by atoms with Gasteiger partial charge in [0.25, 0.3) is 0 Å². The molecule has 3 unspecified atom stereocenters. The first kappa shape index (κ1) is 40.8. The first-order valence-electron chi connectivity index (χ1n) is 14.0. The number of carbonyl (C=O) groups excluding carboxylic acids is 4. The van der Waals surface area contributed by atoms with E-state index < -0.39 is 97.9 Å². The molecule has 0 heterocycles. The molecule has 2 aromatic carbocycles. The van der Waals surface area contributed by atoms with Gasteiger partial charge in [0, 0.05) is 50.8 Å². The third-order valence-corrected chi connectivity index (χ3v) is 10.7. The van der Waals surface area contributed by atoms with Crippen molar-refractivity contribution in [3.8, 4) is 11.8 Å². The van der Waals surface area contributed by atoms with Gasteiger partial charge in [-0.05, 0) is 27.1 Å². The van der Waals surface area contributed by atoms with Crippen LogP contribution in [0.5, 0.6) is 0 Å². The second-order valence-corrected chi connectivity index (χ2v) is 16.3. The highest BCUT2D eigenvalue weighted by molar-refractivity contribution is 8.14. The molecule has 50 heavy (non-hydrogen) atoms. The molecule has 1 aliphatic rings. The van der Waals surface area contributed by atoms with Crippen LogP contribution in [0.4, 0.5) is 19.2 Å². The molecule has 0 fully saturated rings. The largest absolute Gasteiger partial charge is 0.461 e. The van der Waals surface area contributed by atoms with Gasteiger partial charge < -0.3 is 18.9 Å². The van der Waals surface area contributed by atoms with E-state index in [2.05, 4.69) is 16.4 Å². The van der Waals surface area contributed by atoms with Crippen LogP contribution in [0.3, 0.4) is 0 Å². The highest BCUT2D eigenvalue weighted by Gasteiger charge is 2.27. The summed E-state index contributed by atoms with van der Waals surface area (Å²) in [5.41, 5.74) is 1.22. The lowest BCUT2D eigenvalue weighted by atomic mass is 9.92. The fourth-order valence-corrected chi connectivity index (χ4v) is 7.03. The van der Waals surface area contributed by atoms with E-state index in [1.807, 2.05) is 32.3 Å². The monoisotopic (exact) mass is 806 g/mol. The maximum absolute atomic E-state index is 12.8.